The molecule has 0 unspecified atom stereocenters. The van der Waals surface area contributed by atoms with Gasteiger partial charge in [-0.2, -0.15) is 0 Å². The van der Waals surface area contributed by atoms with Gasteiger partial charge in [0.2, 0.25) is 13.9 Å². The van der Waals surface area contributed by atoms with Crippen LogP contribution in [-0.2, 0) is 9.53 Å². The zero-order chi connectivity index (χ0) is 8.85. The summed E-state index contributed by atoms with van der Waals surface area (Å²) in [5.74, 6) is -0.297. The van der Waals surface area contributed by atoms with Gasteiger partial charge in [0.1, 0.15) is 0 Å². The molecule has 0 aromatic carbocycles. The normalized spacial score (nSPS) is 8.45. The molecule has 0 aromatic rings. The van der Waals surface area contributed by atoms with Crippen LogP contribution in [0.4, 0.5) is 0 Å². The molecule has 0 rings (SSSR count). The highest BCUT2D eigenvalue weighted by Gasteiger charge is 1.98. The SMILES string of the molecule is [B]C([B])=COCN([B])C(C)=O. The summed E-state index contributed by atoms with van der Waals surface area (Å²) in [5, 5.41) is 0.0296. The quantitative estimate of drug-likeness (QED) is 0.290. The Morgan fingerprint density at radius 1 is 1.64 bits per heavy atom. The van der Waals surface area contributed by atoms with Crippen molar-refractivity contribution < 1.29 is 9.53 Å². The van der Waals surface area contributed by atoms with E-state index in [9.17, 15) is 4.79 Å². The number of nitrogens with zero attached hydrogens (tertiary/aromatic N) is 1. The molecule has 0 spiro atoms. The topological polar surface area (TPSA) is 29.5 Å². The van der Waals surface area contributed by atoms with Crippen LogP contribution < -0.4 is 0 Å². The van der Waals surface area contributed by atoms with E-state index in [-0.39, 0.29) is 18.0 Å². The van der Waals surface area contributed by atoms with Crippen LogP contribution in [0, 0.1) is 0 Å². The summed E-state index contributed by atoms with van der Waals surface area (Å²) in [6.07, 6.45) is 1.11. The molecule has 0 N–H and O–H groups in total. The molecule has 0 atom stereocenters. The number of hydrogen-bond acceptors (Lipinski definition) is 2. The van der Waals surface area contributed by atoms with Crippen LogP contribution in [0.2, 0.25) is 0 Å². The van der Waals surface area contributed by atoms with E-state index < -0.39 is 0 Å². The highest BCUT2D eigenvalue weighted by atomic mass is 16.5. The Kier molecular flexibility index (Phi) is 4.58. The van der Waals surface area contributed by atoms with Gasteiger partial charge in [-0.3, -0.25) is 4.79 Å². The van der Waals surface area contributed by atoms with E-state index >= 15 is 0 Å². The number of carbonyl (C=O) groups is 1. The number of ether oxygens (including phenoxy) is 1. The van der Waals surface area contributed by atoms with Crippen molar-refractivity contribution in [3.8, 4) is 0 Å². The van der Waals surface area contributed by atoms with E-state index in [0.29, 0.717) is 0 Å². The van der Waals surface area contributed by atoms with Crippen LogP contribution in [0.25, 0.3) is 0 Å². The molecule has 0 aliphatic carbocycles. The minimum absolute atomic E-state index is 0.0296. The van der Waals surface area contributed by atoms with Gasteiger partial charge in [0.05, 0.1) is 22.0 Å². The number of hydrogen-bond donors (Lipinski definition) is 0. The molecule has 3 nitrogen and oxygen atoms in total. The largest absolute Gasteiger partial charge is 0.484 e. The lowest BCUT2D eigenvalue weighted by atomic mass is 9.80. The van der Waals surface area contributed by atoms with Crippen molar-refractivity contribution in [2.24, 2.45) is 0 Å². The summed E-state index contributed by atoms with van der Waals surface area (Å²) in [7, 11) is 15.2. The molecule has 0 fully saturated rings. The van der Waals surface area contributed by atoms with E-state index in [2.05, 4.69) is 4.74 Å². The van der Waals surface area contributed by atoms with Gasteiger partial charge in [0, 0.05) is 6.92 Å². The van der Waals surface area contributed by atoms with Crippen molar-refractivity contribution in [3.63, 3.8) is 0 Å². The van der Waals surface area contributed by atoms with Crippen LogP contribution in [0.1, 0.15) is 6.92 Å². The second kappa shape index (κ2) is 4.94. The van der Waals surface area contributed by atoms with Gasteiger partial charge in [-0.25, -0.2) is 0 Å². The molecule has 0 aromatic heterocycles. The number of rotatable bonds is 3. The maximum Gasteiger partial charge on any atom is 0.234 e. The summed E-state index contributed by atoms with van der Waals surface area (Å²) in [5.41, 5.74) is 0. The summed E-state index contributed by atoms with van der Waals surface area (Å²) in [6.45, 7) is 1.26. The molecular weight excluding hydrogens is 138 g/mol. The molecule has 11 heavy (non-hydrogen) atoms. The smallest absolute Gasteiger partial charge is 0.234 e. The predicted molar refractivity (Wildman–Crippen MR) is 43.8 cm³/mol. The van der Waals surface area contributed by atoms with E-state index in [4.69, 9.17) is 23.7 Å². The Morgan fingerprint density at radius 2 is 2.18 bits per heavy atom. The van der Waals surface area contributed by atoms with E-state index in [1.165, 1.54) is 6.92 Å². The Labute approximate surface area is 70.0 Å². The van der Waals surface area contributed by atoms with Gasteiger partial charge >= 0.3 is 0 Å². The zero-order valence-corrected chi connectivity index (χ0v) is 6.28. The fraction of sp³-hybridized carbons (Fsp3) is 0.400. The van der Waals surface area contributed by atoms with Crippen LogP contribution >= 0.6 is 0 Å². The third-order valence-corrected chi connectivity index (χ3v) is 0.838. The fourth-order valence-corrected chi connectivity index (χ4v) is 0.305. The molecule has 0 aliphatic heterocycles. The van der Waals surface area contributed by atoms with Crippen LogP contribution in [-0.4, -0.2) is 41.1 Å². The van der Waals surface area contributed by atoms with E-state index in [1.54, 1.807) is 0 Å². The number of amides is 1. The molecule has 0 heterocycles. The second-order valence-corrected chi connectivity index (χ2v) is 1.90. The summed E-state index contributed by atoms with van der Waals surface area (Å²) in [4.78, 5) is 11.3. The first-order valence-corrected chi connectivity index (χ1v) is 2.89. The van der Waals surface area contributed by atoms with Gasteiger partial charge in [-0.1, -0.05) is 0 Å². The average Bonchev–Trinajstić information content (AvgIpc) is 1.86. The van der Waals surface area contributed by atoms with Crippen LogP contribution in [0.15, 0.2) is 11.6 Å². The minimum Gasteiger partial charge on any atom is -0.484 e. The van der Waals surface area contributed by atoms with Crippen molar-refractivity contribution in [3.05, 3.63) is 11.6 Å². The van der Waals surface area contributed by atoms with Gasteiger partial charge in [0.15, 0.2) is 6.73 Å². The standard InChI is InChI=1S/C5H6B3NO2/c1-4(10)9(8)3-11-2-5(6)7/h2H,3H2,1H3. The molecule has 0 saturated carbocycles. The Bertz CT molecular complexity index is 167. The first kappa shape index (κ1) is 10.2. The van der Waals surface area contributed by atoms with Crippen molar-refractivity contribution in [2.45, 2.75) is 6.92 Å². The lowest BCUT2D eigenvalue weighted by Crippen LogP contribution is -2.27. The highest BCUT2D eigenvalue weighted by molar-refractivity contribution is 6.47. The average molecular weight is 145 g/mol. The Balaban J connectivity index is 3.55. The van der Waals surface area contributed by atoms with Gasteiger partial charge < -0.3 is 9.55 Å². The summed E-state index contributed by atoms with van der Waals surface area (Å²) >= 11 is 0. The minimum atomic E-state index is -0.297. The molecule has 0 bridgehead atoms. The first-order chi connectivity index (χ1) is 5.04. The monoisotopic (exact) mass is 145 g/mol. The molecule has 0 aliphatic rings. The van der Waals surface area contributed by atoms with Gasteiger partial charge in [-0.15, -0.1) is 5.37 Å². The maximum atomic E-state index is 10.5. The zero-order valence-electron chi connectivity index (χ0n) is 6.28. The Hall–Kier alpha value is -0.795. The van der Waals surface area contributed by atoms with Gasteiger partial charge in [-0.05, 0) is 0 Å². The second-order valence-electron chi connectivity index (χ2n) is 1.90. The van der Waals surface area contributed by atoms with Crippen molar-refractivity contribution in [1.29, 1.82) is 0 Å². The molecule has 6 radical (unpaired) electrons. The van der Waals surface area contributed by atoms with Crippen LogP contribution in [0.5, 0.6) is 0 Å². The number of carbonyl (C=O) groups excluding carboxylic acids is 1. The molecule has 6 heteroatoms. The van der Waals surface area contributed by atoms with Crippen molar-refractivity contribution in [2.75, 3.05) is 6.73 Å². The molecule has 52 valence electrons. The van der Waals surface area contributed by atoms with Crippen LogP contribution in [0.3, 0.4) is 0 Å². The predicted octanol–water partition coefficient (Wildman–Crippen LogP) is -0.972. The van der Waals surface area contributed by atoms with E-state index in [0.717, 1.165) is 11.1 Å². The third-order valence-electron chi connectivity index (χ3n) is 0.838. The third kappa shape index (κ3) is 5.64. The fourth-order valence-electron chi connectivity index (χ4n) is 0.305. The Morgan fingerprint density at radius 3 is 2.55 bits per heavy atom. The molecule has 1 amide bonds. The maximum absolute atomic E-state index is 10.5. The first-order valence-electron chi connectivity index (χ1n) is 2.89. The highest BCUT2D eigenvalue weighted by Crippen LogP contribution is 1.86. The molecular formula is C5H6B3NO2. The van der Waals surface area contributed by atoms with Crippen molar-refractivity contribution in [1.82, 2.24) is 4.81 Å². The summed E-state index contributed by atoms with van der Waals surface area (Å²) in [6, 6.07) is 0. The molecule has 0 saturated heterocycles. The lowest BCUT2D eigenvalue weighted by Gasteiger charge is -2.14. The lowest BCUT2D eigenvalue weighted by molar-refractivity contribution is -0.126. The van der Waals surface area contributed by atoms with E-state index in [1.807, 2.05) is 0 Å². The summed E-state index contributed by atoms with van der Waals surface area (Å²) < 4.78 is 4.69. The van der Waals surface area contributed by atoms with Gasteiger partial charge in [0.25, 0.3) is 0 Å². The van der Waals surface area contributed by atoms with Crippen molar-refractivity contribution >= 4 is 29.6 Å².